The van der Waals surface area contributed by atoms with Crippen molar-refractivity contribution in [2.45, 2.75) is 30.9 Å². The lowest BCUT2D eigenvalue weighted by Crippen LogP contribution is -2.28. The van der Waals surface area contributed by atoms with E-state index in [1.54, 1.807) is 6.92 Å². The average molecular weight is 385 g/mol. The van der Waals surface area contributed by atoms with E-state index < -0.39 is 6.36 Å². The lowest BCUT2D eigenvalue weighted by molar-refractivity contribution is -0.274. The Morgan fingerprint density at radius 1 is 1.38 bits per heavy atom. The van der Waals surface area contributed by atoms with E-state index in [1.165, 1.54) is 34.7 Å². The summed E-state index contributed by atoms with van der Waals surface area (Å²) in [5.74, 6) is -0.164. The standard InChI is InChI=1S/C16H14F3N3O3S/c1-9-7-20-15-22(14(9)24)11(8-26-15)6-13(23)21-10-2-4-12(5-3-10)25-16(17,18)19/h2-5,7,11H,6,8H2,1H3,(H,21,23). The molecule has 2 heterocycles. The molecule has 1 aromatic heterocycles. The first-order chi connectivity index (χ1) is 12.2. The number of nitrogens with zero attached hydrogens (tertiary/aromatic N) is 2. The molecule has 10 heteroatoms. The summed E-state index contributed by atoms with van der Waals surface area (Å²) in [6, 6.07) is 4.54. The van der Waals surface area contributed by atoms with Crippen molar-refractivity contribution < 1.29 is 22.7 Å². The van der Waals surface area contributed by atoms with E-state index in [1.807, 2.05) is 0 Å². The van der Waals surface area contributed by atoms with Gasteiger partial charge in [-0.05, 0) is 31.2 Å². The van der Waals surface area contributed by atoms with Crippen LogP contribution in [0.1, 0.15) is 18.0 Å². The summed E-state index contributed by atoms with van der Waals surface area (Å²) < 4.78 is 41.7. The van der Waals surface area contributed by atoms with Crippen LogP contribution in [0.25, 0.3) is 0 Å². The molecule has 1 unspecified atom stereocenters. The van der Waals surface area contributed by atoms with Crippen LogP contribution in [0.3, 0.4) is 0 Å². The molecule has 26 heavy (non-hydrogen) atoms. The number of aromatic nitrogens is 2. The van der Waals surface area contributed by atoms with Crippen molar-refractivity contribution in [2.24, 2.45) is 0 Å². The molecule has 6 nitrogen and oxygen atoms in total. The number of benzene rings is 1. The van der Waals surface area contributed by atoms with Crippen molar-refractivity contribution in [3.05, 3.63) is 46.4 Å². The molecule has 2 aromatic rings. The highest BCUT2D eigenvalue weighted by molar-refractivity contribution is 7.99. The molecule has 0 radical (unpaired) electrons. The van der Waals surface area contributed by atoms with Gasteiger partial charge in [-0.15, -0.1) is 13.2 Å². The molecule has 3 rings (SSSR count). The number of hydrogen-bond donors (Lipinski definition) is 1. The van der Waals surface area contributed by atoms with Crippen LogP contribution >= 0.6 is 11.8 Å². The number of nitrogens with one attached hydrogen (secondary N) is 1. The molecule has 138 valence electrons. The first-order valence-corrected chi connectivity index (χ1v) is 8.58. The second-order valence-electron chi connectivity index (χ2n) is 5.69. The molecule has 1 N–H and O–H groups in total. The number of thioether (sulfide) groups is 1. The van der Waals surface area contributed by atoms with Crippen LogP contribution in [0.2, 0.25) is 0 Å². The second-order valence-corrected chi connectivity index (χ2v) is 6.68. The van der Waals surface area contributed by atoms with Crippen molar-refractivity contribution in [1.29, 1.82) is 0 Å². The fourth-order valence-corrected chi connectivity index (χ4v) is 3.64. The zero-order valence-corrected chi connectivity index (χ0v) is 14.4. The Labute approximate surface area is 150 Å². The van der Waals surface area contributed by atoms with Crippen LogP contribution < -0.4 is 15.6 Å². The van der Waals surface area contributed by atoms with Gasteiger partial charge in [0.1, 0.15) is 5.75 Å². The number of rotatable bonds is 4. The van der Waals surface area contributed by atoms with Gasteiger partial charge in [0.15, 0.2) is 5.16 Å². The molecule has 1 aliphatic heterocycles. The minimum atomic E-state index is -4.77. The SMILES string of the molecule is Cc1cnc2n(c1=O)C(CC(=O)Nc1ccc(OC(F)(F)F)cc1)CS2. The first-order valence-electron chi connectivity index (χ1n) is 7.59. The summed E-state index contributed by atoms with van der Waals surface area (Å²) in [7, 11) is 0. The van der Waals surface area contributed by atoms with Gasteiger partial charge in [0.25, 0.3) is 5.56 Å². The van der Waals surface area contributed by atoms with E-state index in [2.05, 4.69) is 15.0 Å². The van der Waals surface area contributed by atoms with Crippen molar-refractivity contribution in [2.75, 3.05) is 11.1 Å². The Hall–Kier alpha value is -2.49. The monoisotopic (exact) mass is 385 g/mol. The molecule has 1 aromatic carbocycles. The normalized spacial score (nSPS) is 16.2. The fraction of sp³-hybridized carbons (Fsp3) is 0.312. The van der Waals surface area contributed by atoms with E-state index in [9.17, 15) is 22.8 Å². The maximum Gasteiger partial charge on any atom is 0.573 e. The van der Waals surface area contributed by atoms with Gasteiger partial charge >= 0.3 is 6.36 Å². The number of aryl methyl sites for hydroxylation is 1. The molecule has 0 saturated heterocycles. The van der Waals surface area contributed by atoms with Gasteiger partial charge in [-0.2, -0.15) is 0 Å². The van der Waals surface area contributed by atoms with Crippen LogP contribution in [-0.4, -0.2) is 27.6 Å². The molecule has 0 aliphatic carbocycles. The maximum absolute atomic E-state index is 12.2. The summed E-state index contributed by atoms with van der Waals surface area (Å²) in [5.41, 5.74) is 0.665. The van der Waals surface area contributed by atoms with Crippen molar-refractivity contribution >= 4 is 23.4 Å². The number of ether oxygens (including phenoxy) is 1. The Bertz CT molecular complexity index is 881. The highest BCUT2D eigenvalue weighted by Crippen LogP contribution is 2.32. The third-order valence-electron chi connectivity index (χ3n) is 3.69. The fourth-order valence-electron chi connectivity index (χ4n) is 2.54. The van der Waals surface area contributed by atoms with E-state index in [-0.39, 0.29) is 29.7 Å². The number of anilines is 1. The predicted octanol–water partition coefficient (Wildman–Crippen LogP) is 3.13. The third-order valence-corrected chi connectivity index (χ3v) is 4.81. The van der Waals surface area contributed by atoms with E-state index in [0.29, 0.717) is 22.2 Å². The number of amides is 1. The number of alkyl halides is 3. The highest BCUT2D eigenvalue weighted by Gasteiger charge is 2.31. The van der Waals surface area contributed by atoms with Gasteiger partial charge in [-0.3, -0.25) is 14.2 Å². The van der Waals surface area contributed by atoms with E-state index in [0.717, 1.165) is 12.1 Å². The van der Waals surface area contributed by atoms with Crippen molar-refractivity contribution in [3.8, 4) is 5.75 Å². The summed E-state index contributed by atoms with van der Waals surface area (Å²) in [5, 5.41) is 3.18. The highest BCUT2D eigenvalue weighted by atomic mass is 32.2. The smallest absolute Gasteiger partial charge is 0.406 e. The number of fused-ring (bicyclic) bond motifs is 1. The van der Waals surface area contributed by atoms with E-state index >= 15 is 0 Å². The summed E-state index contributed by atoms with van der Waals surface area (Å²) in [4.78, 5) is 28.6. The Kier molecular flexibility index (Phi) is 4.94. The van der Waals surface area contributed by atoms with Gasteiger partial charge in [-0.1, -0.05) is 11.8 Å². The second kappa shape index (κ2) is 7.02. The minimum Gasteiger partial charge on any atom is -0.406 e. The van der Waals surface area contributed by atoms with E-state index in [4.69, 9.17) is 0 Å². The molecular formula is C16H14F3N3O3S. The van der Waals surface area contributed by atoms with Gasteiger partial charge in [-0.25, -0.2) is 4.98 Å². The molecule has 1 atom stereocenters. The van der Waals surface area contributed by atoms with Crippen LogP contribution in [0, 0.1) is 6.92 Å². The lowest BCUT2D eigenvalue weighted by Gasteiger charge is -2.14. The third kappa shape index (κ3) is 4.18. The largest absolute Gasteiger partial charge is 0.573 e. The molecular weight excluding hydrogens is 371 g/mol. The molecule has 1 aliphatic rings. The predicted molar refractivity (Wildman–Crippen MR) is 89.4 cm³/mol. The van der Waals surface area contributed by atoms with Crippen molar-refractivity contribution in [3.63, 3.8) is 0 Å². The van der Waals surface area contributed by atoms with Crippen LogP contribution in [0.4, 0.5) is 18.9 Å². The molecule has 0 spiro atoms. The number of carbonyl (C=O) groups is 1. The maximum atomic E-state index is 12.2. The van der Waals surface area contributed by atoms with Gasteiger partial charge < -0.3 is 10.1 Å². The molecule has 0 bridgehead atoms. The average Bonchev–Trinajstić information content (AvgIpc) is 2.95. The first kappa shape index (κ1) is 18.3. The quantitative estimate of drug-likeness (QED) is 0.819. The minimum absolute atomic E-state index is 0.0614. The van der Waals surface area contributed by atoms with Crippen molar-refractivity contribution in [1.82, 2.24) is 9.55 Å². The number of halogens is 3. The Morgan fingerprint density at radius 3 is 2.73 bits per heavy atom. The van der Waals surface area contributed by atoms with Gasteiger partial charge in [0.05, 0.1) is 6.04 Å². The molecule has 0 fully saturated rings. The van der Waals surface area contributed by atoms with Gasteiger partial charge in [0, 0.05) is 29.6 Å². The number of hydrogen-bond acceptors (Lipinski definition) is 5. The van der Waals surface area contributed by atoms with Crippen LogP contribution in [0.15, 0.2) is 40.4 Å². The summed E-state index contributed by atoms with van der Waals surface area (Å²) >= 11 is 1.40. The Balaban J connectivity index is 1.64. The van der Waals surface area contributed by atoms with Crippen LogP contribution in [0.5, 0.6) is 5.75 Å². The summed E-state index contributed by atoms with van der Waals surface area (Å²) in [6.07, 6.45) is -3.20. The zero-order valence-electron chi connectivity index (χ0n) is 13.5. The number of carbonyl (C=O) groups excluding carboxylic acids is 1. The van der Waals surface area contributed by atoms with Crippen LogP contribution in [-0.2, 0) is 4.79 Å². The molecule has 1 amide bonds. The Morgan fingerprint density at radius 2 is 2.08 bits per heavy atom. The topological polar surface area (TPSA) is 73.2 Å². The van der Waals surface area contributed by atoms with Gasteiger partial charge in [0.2, 0.25) is 5.91 Å². The lowest BCUT2D eigenvalue weighted by atomic mass is 10.2. The molecule has 0 saturated carbocycles. The summed E-state index contributed by atoms with van der Waals surface area (Å²) in [6.45, 7) is 1.66. The zero-order chi connectivity index (χ0) is 18.9.